The molecule has 0 fully saturated rings. The minimum Gasteiger partial charge on any atom is -0.386 e. The van der Waals surface area contributed by atoms with Gasteiger partial charge in [0.25, 0.3) is 0 Å². The van der Waals surface area contributed by atoms with Gasteiger partial charge in [-0.25, -0.2) is 27.8 Å². The summed E-state index contributed by atoms with van der Waals surface area (Å²) in [5, 5.41) is 2.21. The Bertz CT molecular complexity index is 1250. The van der Waals surface area contributed by atoms with Crippen molar-refractivity contribution in [2.75, 3.05) is 11.1 Å². The number of nitrogens with one attached hydrogen (secondary N) is 1. The van der Waals surface area contributed by atoms with Crippen molar-refractivity contribution in [1.29, 1.82) is 0 Å². The number of hydrogen-bond acceptors (Lipinski definition) is 8. The Morgan fingerprint density at radius 1 is 1.24 bits per heavy atom. The number of benzene rings is 1. The van der Waals surface area contributed by atoms with Crippen molar-refractivity contribution in [3.8, 4) is 0 Å². The maximum atomic E-state index is 14.5. The molecular weight excluding hydrogens is 463 g/mol. The molecule has 2 aromatic heterocycles. The summed E-state index contributed by atoms with van der Waals surface area (Å²) in [7, 11) is -3.51. The molecule has 0 saturated carbocycles. The standard InChI is InChI=1S/C18H16BrFN6O2S/c1-9-17(21)26-15(7-29(9,27)28)12-5-11(2-3-13(12)20)25-18-16-14(23-8-24-18)4-10(19)6-22-16/h2-6,8-9,15H,7H2,1H3,(H2,21,26)(H,23,24,25)/t9-,15?/m1/s1. The number of rotatable bonds is 3. The van der Waals surface area contributed by atoms with Crippen LogP contribution in [0, 0.1) is 5.82 Å². The zero-order valence-corrected chi connectivity index (χ0v) is 17.6. The summed E-state index contributed by atoms with van der Waals surface area (Å²) in [6, 6.07) is 5.18. The van der Waals surface area contributed by atoms with Gasteiger partial charge in [-0.05, 0) is 47.1 Å². The van der Waals surface area contributed by atoms with Crippen LogP contribution in [0.1, 0.15) is 18.5 Å². The quantitative estimate of drug-likeness (QED) is 0.592. The molecule has 0 saturated heterocycles. The van der Waals surface area contributed by atoms with E-state index in [2.05, 4.69) is 41.2 Å². The van der Waals surface area contributed by atoms with E-state index in [9.17, 15) is 12.8 Å². The van der Waals surface area contributed by atoms with Gasteiger partial charge in [-0.2, -0.15) is 0 Å². The number of nitrogens with two attached hydrogens (primary N) is 1. The molecule has 2 atom stereocenters. The van der Waals surface area contributed by atoms with Crippen molar-refractivity contribution in [2.24, 2.45) is 10.7 Å². The molecule has 150 valence electrons. The highest BCUT2D eigenvalue weighted by atomic mass is 79.9. The number of halogens is 2. The first-order valence-electron chi connectivity index (χ1n) is 8.62. The van der Waals surface area contributed by atoms with Crippen LogP contribution in [0.5, 0.6) is 0 Å². The van der Waals surface area contributed by atoms with Gasteiger partial charge in [0.05, 0.1) is 17.3 Å². The van der Waals surface area contributed by atoms with Crippen LogP contribution in [0.4, 0.5) is 15.9 Å². The first kappa shape index (κ1) is 19.6. The van der Waals surface area contributed by atoms with Crippen LogP contribution in [-0.2, 0) is 9.84 Å². The van der Waals surface area contributed by atoms with E-state index in [1.807, 2.05) is 0 Å². The molecule has 0 bridgehead atoms. The molecule has 1 aromatic carbocycles. The van der Waals surface area contributed by atoms with Gasteiger partial charge in [-0.15, -0.1) is 0 Å². The second-order valence-corrected chi connectivity index (χ2v) is 9.93. The Morgan fingerprint density at radius 2 is 2.03 bits per heavy atom. The van der Waals surface area contributed by atoms with Gasteiger partial charge >= 0.3 is 0 Å². The number of nitrogens with zero attached hydrogens (tertiary/aromatic N) is 4. The van der Waals surface area contributed by atoms with Crippen molar-refractivity contribution in [3.63, 3.8) is 0 Å². The van der Waals surface area contributed by atoms with Gasteiger partial charge in [0.15, 0.2) is 15.7 Å². The fourth-order valence-electron chi connectivity index (χ4n) is 3.05. The molecule has 3 aromatic rings. The van der Waals surface area contributed by atoms with Crippen LogP contribution in [0.3, 0.4) is 0 Å². The van der Waals surface area contributed by atoms with E-state index < -0.39 is 26.9 Å². The lowest BCUT2D eigenvalue weighted by atomic mass is 10.1. The lowest BCUT2D eigenvalue weighted by molar-refractivity contribution is 0.567. The maximum absolute atomic E-state index is 14.5. The molecule has 11 heteroatoms. The molecule has 1 unspecified atom stereocenters. The summed E-state index contributed by atoms with van der Waals surface area (Å²) in [6.45, 7) is 1.48. The van der Waals surface area contributed by atoms with E-state index >= 15 is 0 Å². The monoisotopic (exact) mass is 478 g/mol. The number of anilines is 2. The molecular formula is C18H16BrFN6O2S. The summed E-state index contributed by atoms with van der Waals surface area (Å²) in [6.07, 6.45) is 3.02. The van der Waals surface area contributed by atoms with Crippen molar-refractivity contribution in [1.82, 2.24) is 15.0 Å². The summed E-state index contributed by atoms with van der Waals surface area (Å²) in [5.41, 5.74) is 7.59. The van der Waals surface area contributed by atoms with Gasteiger partial charge in [-0.3, -0.25) is 4.99 Å². The van der Waals surface area contributed by atoms with E-state index in [4.69, 9.17) is 5.73 Å². The zero-order valence-electron chi connectivity index (χ0n) is 15.2. The Kier molecular flexibility index (Phi) is 4.95. The van der Waals surface area contributed by atoms with E-state index in [0.29, 0.717) is 22.5 Å². The van der Waals surface area contributed by atoms with Crippen LogP contribution in [0.2, 0.25) is 0 Å². The third kappa shape index (κ3) is 3.79. The van der Waals surface area contributed by atoms with E-state index in [1.54, 1.807) is 12.3 Å². The number of hydrogen-bond donors (Lipinski definition) is 2. The molecule has 0 radical (unpaired) electrons. The largest absolute Gasteiger partial charge is 0.386 e. The zero-order chi connectivity index (χ0) is 20.8. The second-order valence-electron chi connectivity index (χ2n) is 6.65. The van der Waals surface area contributed by atoms with Crippen molar-refractivity contribution in [3.05, 3.63) is 52.6 Å². The number of pyridine rings is 1. The maximum Gasteiger partial charge on any atom is 0.162 e. The first-order chi connectivity index (χ1) is 13.7. The molecule has 0 aliphatic carbocycles. The molecule has 1 aliphatic heterocycles. The highest BCUT2D eigenvalue weighted by Crippen LogP contribution is 2.31. The fraction of sp³-hybridized carbons (Fsp3) is 0.222. The van der Waals surface area contributed by atoms with Gasteiger partial charge in [0.2, 0.25) is 0 Å². The van der Waals surface area contributed by atoms with Crippen molar-refractivity contribution < 1.29 is 12.8 Å². The minimum absolute atomic E-state index is 0.0180. The topological polar surface area (TPSA) is 123 Å². The second kappa shape index (κ2) is 7.30. The SMILES string of the molecule is C[C@@H]1C(N)=NC(c2cc(Nc3ncnc4cc(Br)cnc34)ccc2F)CS1(=O)=O. The summed E-state index contributed by atoms with van der Waals surface area (Å²) >= 11 is 3.35. The van der Waals surface area contributed by atoms with Crippen molar-refractivity contribution in [2.45, 2.75) is 18.2 Å². The molecule has 1 aliphatic rings. The normalized spacial score (nSPS) is 21.0. The Labute approximate surface area is 174 Å². The average Bonchev–Trinajstić information content (AvgIpc) is 2.67. The van der Waals surface area contributed by atoms with Gasteiger partial charge in [0, 0.05) is 21.9 Å². The smallest absolute Gasteiger partial charge is 0.162 e. The Balaban J connectivity index is 1.72. The average molecular weight is 479 g/mol. The third-order valence-electron chi connectivity index (χ3n) is 4.71. The third-order valence-corrected chi connectivity index (χ3v) is 7.24. The molecule has 3 N–H and O–H groups in total. The van der Waals surface area contributed by atoms with Gasteiger partial charge in [-0.1, -0.05) is 0 Å². The van der Waals surface area contributed by atoms with Crippen LogP contribution in [0.15, 0.2) is 46.3 Å². The summed E-state index contributed by atoms with van der Waals surface area (Å²) in [5.74, 6) is -0.443. The van der Waals surface area contributed by atoms with Crippen LogP contribution in [-0.4, -0.2) is 40.2 Å². The van der Waals surface area contributed by atoms with Gasteiger partial charge < -0.3 is 11.1 Å². The Hall–Kier alpha value is -2.66. The van der Waals surface area contributed by atoms with Gasteiger partial charge in [0.1, 0.15) is 28.7 Å². The molecule has 8 nitrogen and oxygen atoms in total. The van der Waals surface area contributed by atoms with Crippen molar-refractivity contribution >= 4 is 54.1 Å². The molecule has 4 rings (SSSR count). The first-order valence-corrected chi connectivity index (χ1v) is 11.1. The highest BCUT2D eigenvalue weighted by molar-refractivity contribution is 9.10. The number of aromatic nitrogens is 3. The number of aliphatic imine (C=N–C) groups is 1. The lowest BCUT2D eigenvalue weighted by Gasteiger charge is -2.24. The highest BCUT2D eigenvalue weighted by Gasteiger charge is 2.34. The number of fused-ring (bicyclic) bond motifs is 1. The summed E-state index contributed by atoms with van der Waals surface area (Å²) in [4.78, 5) is 16.9. The van der Waals surface area contributed by atoms with E-state index in [-0.39, 0.29) is 17.2 Å². The number of amidine groups is 1. The van der Waals surface area contributed by atoms with Crippen LogP contribution >= 0.6 is 15.9 Å². The molecule has 0 spiro atoms. The molecule has 3 heterocycles. The molecule has 29 heavy (non-hydrogen) atoms. The van der Waals surface area contributed by atoms with Crippen LogP contribution < -0.4 is 11.1 Å². The molecule has 0 amide bonds. The Morgan fingerprint density at radius 3 is 2.79 bits per heavy atom. The fourth-order valence-corrected chi connectivity index (χ4v) is 4.79. The lowest BCUT2D eigenvalue weighted by Crippen LogP contribution is -2.40. The predicted molar refractivity (Wildman–Crippen MR) is 112 cm³/mol. The number of sulfone groups is 1. The van der Waals surface area contributed by atoms with E-state index in [1.165, 1.54) is 31.5 Å². The van der Waals surface area contributed by atoms with Crippen LogP contribution in [0.25, 0.3) is 11.0 Å². The summed E-state index contributed by atoms with van der Waals surface area (Å²) < 4.78 is 39.9. The predicted octanol–water partition coefficient (Wildman–Crippen LogP) is 2.89. The van der Waals surface area contributed by atoms with E-state index in [0.717, 1.165) is 4.47 Å². The minimum atomic E-state index is -3.51.